The second kappa shape index (κ2) is 5.32. The molecule has 0 amide bonds. The Morgan fingerprint density at radius 3 is 2.83 bits per heavy atom. The van der Waals surface area contributed by atoms with E-state index in [1.165, 1.54) is 12.1 Å². The number of rotatable bonds is 3. The Morgan fingerprint density at radius 1 is 1.44 bits per heavy atom. The van der Waals surface area contributed by atoms with Gasteiger partial charge in [-0.15, -0.1) is 0 Å². The Hall–Kier alpha value is -1.67. The van der Waals surface area contributed by atoms with Crippen molar-refractivity contribution in [2.45, 2.75) is 31.9 Å². The lowest BCUT2D eigenvalue weighted by atomic mass is 10.1. The normalized spacial score (nSPS) is 20.4. The van der Waals surface area contributed by atoms with E-state index in [1.54, 1.807) is 6.07 Å². The van der Waals surface area contributed by atoms with Crippen molar-refractivity contribution in [3.8, 4) is 6.07 Å². The highest BCUT2D eigenvalue weighted by atomic mass is 19.2. The van der Waals surface area contributed by atoms with Crippen LogP contribution in [-0.2, 0) is 4.74 Å². The number of ether oxygens (including phenoxy) is 1. The fourth-order valence-electron chi connectivity index (χ4n) is 2.08. The molecule has 2 unspecified atom stereocenters. The van der Waals surface area contributed by atoms with Gasteiger partial charge in [0.05, 0.1) is 17.4 Å². The van der Waals surface area contributed by atoms with E-state index >= 15 is 0 Å². The van der Waals surface area contributed by atoms with Crippen LogP contribution in [0.3, 0.4) is 0 Å². The summed E-state index contributed by atoms with van der Waals surface area (Å²) in [6.07, 6.45) is 1.92. The Bertz CT molecular complexity index is 479. The van der Waals surface area contributed by atoms with Crippen LogP contribution in [0.5, 0.6) is 0 Å². The second-order valence-electron chi connectivity index (χ2n) is 4.38. The van der Waals surface area contributed by atoms with Crippen molar-refractivity contribution in [1.29, 1.82) is 5.26 Å². The minimum atomic E-state index is -1.11. The molecule has 0 radical (unpaired) electrons. The lowest BCUT2D eigenvalue weighted by molar-refractivity contribution is 0.0995. The summed E-state index contributed by atoms with van der Waals surface area (Å²) in [7, 11) is 0. The highest BCUT2D eigenvalue weighted by molar-refractivity contribution is 5.50. The lowest BCUT2D eigenvalue weighted by Gasteiger charge is -2.21. The van der Waals surface area contributed by atoms with Gasteiger partial charge in [0.1, 0.15) is 6.07 Å². The number of nitriles is 1. The minimum absolute atomic E-state index is 0.0168. The Morgan fingerprint density at radius 2 is 2.22 bits per heavy atom. The van der Waals surface area contributed by atoms with E-state index in [9.17, 15) is 8.78 Å². The molecule has 3 nitrogen and oxygen atoms in total. The van der Waals surface area contributed by atoms with Crippen LogP contribution in [0.1, 0.15) is 25.3 Å². The number of benzene rings is 1. The van der Waals surface area contributed by atoms with E-state index in [-0.39, 0.29) is 23.4 Å². The Kier molecular flexibility index (Phi) is 3.78. The van der Waals surface area contributed by atoms with Crippen molar-refractivity contribution < 1.29 is 13.5 Å². The molecular formula is C13H14F2N2O. The van der Waals surface area contributed by atoms with Crippen molar-refractivity contribution in [2.75, 3.05) is 11.9 Å². The van der Waals surface area contributed by atoms with E-state index in [0.717, 1.165) is 12.8 Å². The summed E-state index contributed by atoms with van der Waals surface area (Å²) >= 11 is 0. The van der Waals surface area contributed by atoms with Gasteiger partial charge in [-0.2, -0.15) is 5.26 Å². The number of nitrogens with one attached hydrogen (secondary N) is 1. The van der Waals surface area contributed by atoms with Gasteiger partial charge < -0.3 is 10.1 Å². The van der Waals surface area contributed by atoms with E-state index in [0.29, 0.717) is 6.61 Å². The molecule has 5 heteroatoms. The summed E-state index contributed by atoms with van der Waals surface area (Å²) < 4.78 is 32.6. The third-order valence-electron chi connectivity index (χ3n) is 3.11. The number of hydrogen-bond donors (Lipinski definition) is 1. The molecule has 96 valence electrons. The van der Waals surface area contributed by atoms with E-state index in [1.807, 2.05) is 6.92 Å². The van der Waals surface area contributed by atoms with Gasteiger partial charge in [0.15, 0.2) is 11.6 Å². The van der Waals surface area contributed by atoms with Gasteiger partial charge in [0, 0.05) is 12.6 Å². The number of halogens is 2. The predicted molar refractivity (Wildman–Crippen MR) is 63.1 cm³/mol. The van der Waals surface area contributed by atoms with Gasteiger partial charge in [-0.1, -0.05) is 0 Å². The Balaban J connectivity index is 2.14. The molecule has 1 aliphatic rings. The fraction of sp³-hybridized carbons (Fsp3) is 0.462. The number of hydrogen-bond acceptors (Lipinski definition) is 3. The molecule has 2 rings (SSSR count). The average molecular weight is 252 g/mol. The summed E-state index contributed by atoms with van der Waals surface area (Å²) in [6, 6.07) is 4.15. The van der Waals surface area contributed by atoms with Crippen LogP contribution in [-0.4, -0.2) is 18.8 Å². The summed E-state index contributed by atoms with van der Waals surface area (Å²) in [4.78, 5) is 0. The molecule has 0 aromatic heterocycles. The van der Waals surface area contributed by atoms with Gasteiger partial charge in [0.2, 0.25) is 0 Å². The zero-order valence-electron chi connectivity index (χ0n) is 10.0. The van der Waals surface area contributed by atoms with Crippen LogP contribution in [0.2, 0.25) is 0 Å². The highest BCUT2D eigenvalue weighted by Gasteiger charge is 2.23. The molecule has 1 aromatic carbocycles. The summed E-state index contributed by atoms with van der Waals surface area (Å²) in [5.41, 5.74) is -0.225. The molecule has 0 spiro atoms. The van der Waals surface area contributed by atoms with Crippen LogP contribution < -0.4 is 5.32 Å². The van der Waals surface area contributed by atoms with E-state index in [2.05, 4.69) is 5.32 Å². The van der Waals surface area contributed by atoms with Crippen LogP contribution in [0.25, 0.3) is 0 Å². The molecule has 1 N–H and O–H groups in total. The summed E-state index contributed by atoms with van der Waals surface area (Å²) in [6.45, 7) is 2.58. The van der Waals surface area contributed by atoms with Gasteiger partial charge >= 0.3 is 0 Å². The van der Waals surface area contributed by atoms with Gasteiger partial charge in [0.25, 0.3) is 0 Å². The first kappa shape index (κ1) is 12.8. The molecule has 18 heavy (non-hydrogen) atoms. The maximum Gasteiger partial charge on any atom is 0.183 e. The van der Waals surface area contributed by atoms with Crippen LogP contribution in [0.4, 0.5) is 14.5 Å². The molecule has 0 saturated carbocycles. The third kappa shape index (κ3) is 2.44. The quantitative estimate of drug-likeness (QED) is 0.899. The van der Waals surface area contributed by atoms with Crippen molar-refractivity contribution in [2.24, 2.45) is 0 Å². The standard InChI is InChI=1S/C13H14F2N2O/c1-8(11-3-2-6-18-11)17-10-5-4-9(7-16)12(14)13(10)15/h4-5,8,11,17H,2-3,6H2,1H3. The second-order valence-corrected chi connectivity index (χ2v) is 4.38. The first-order valence-corrected chi connectivity index (χ1v) is 5.89. The van der Waals surface area contributed by atoms with Crippen LogP contribution >= 0.6 is 0 Å². The van der Waals surface area contributed by atoms with Gasteiger partial charge in [-0.25, -0.2) is 8.78 Å². The minimum Gasteiger partial charge on any atom is -0.378 e. The van der Waals surface area contributed by atoms with E-state index < -0.39 is 11.6 Å². The molecule has 1 aromatic rings. The largest absolute Gasteiger partial charge is 0.378 e. The molecule has 0 aliphatic carbocycles. The molecule has 2 atom stereocenters. The monoisotopic (exact) mass is 252 g/mol. The topological polar surface area (TPSA) is 45.0 Å². The van der Waals surface area contributed by atoms with Crippen LogP contribution in [0, 0.1) is 23.0 Å². The van der Waals surface area contributed by atoms with Gasteiger partial charge in [-0.05, 0) is 31.9 Å². The molecule has 1 aliphatic heterocycles. The maximum absolute atomic E-state index is 13.7. The van der Waals surface area contributed by atoms with Crippen LogP contribution in [0.15, 0.2) is 12.1 Å². The predicted octanol–water partition coefficient (Wildman–Crippen LogP) is 2.82. The Labute approximate surface area is 104 Å². The highest BCUT2D eigenvalue weighted by Crippen LogP contribution is 2.23. The summed E-state index contributed by atoms with van der Waals surface area (Å²) in [5.74, 6) is -2.12. The number of nitrogens with zero attached hydrogens (tertiary/aromatic N) is 1. The molecule has 1 saturated heterocycles. The summed E-state index contributed by atoms with van der Waals surface area (Å²) in [5, 5.41) is 11.5. The molecular weight excluding hydrogens is 238 g/mol. The van der Waals surface area contributed by atoms with Crippen molar-refractivity contribution in [3.63, 3.8) is 0 Å². The third-order valence-corrected chi connectivity index (χ3v) is 3.11. The van der Waals surface area contributed by atoms with Crippen molar-refractivity contribution in [1.82, 2.24) is 0 Å². The van der Waals surface area contributed by atoms with Gasteiger partial charge in [-0.3, -0.25) is 0 Å². The molecule has 1 heterocycles. The van der Waals surface area contributed by atoms with E-state index in [4.69, 9.17) is 10.00 Å². The molecule has 0 bridgehead atoms. The zero-order valence-corrected chi connectivity index (χ0v) is 10.0. The molecule has 1 fully saturated rings. The zero-order chi connectivity index (χ0) is 13.1. The number of anilines is 1. The van der Waals surface area contributed by atoms with Crippen molar-refractivity contribution >= 4 is 5.69 Å². The van der Waals surface area contributed by atoms with Crippen molar-refractivity contribution in [3.05, 3.63) is 29.3 Å². The first-order chi connectivity index (χ1) is 8.63. The smallest absolute Gasteiger partial charge is 0.183 e. The maximum atomic E-state index is 13.7. The average Bonchev–Trinajstić information content (AvgIpc) is 2.89. The lowest BCUT2D eigenvalue weighted by Crippen LogP contribution is -2.30. The fourth-order valence-corrected chi connectivity index (χ4v) is 2.08. The first-order valence-electron chi connectivity index (χ1n) is 5.89. The SMILES string of the molecule is CC(Nc1ccc(C#N)c(F)c1F)C1CCCO1.